The molecule has 1 fully saturated rings. The summed E-state index contributed by atoms with van der Waals surface area (Å²) in [6.45, 7) is 5.78. The maximum absolute atomic E-state index is 6.78. The van der Waals surface area contributed by atoms with Gasteiger partial charge in [-0.15, -0.1) is 0 Å². The van der Waals surface area contributed by atoms with Gasteiger partial charge in [-0.25, -0.2) is 0 Å². The van der Waals surface area contributed by atoms with Gasteiger partial charge in [0.25, 0.3) is 0 Å². The Balaban J connectivity index is 1.30. The smallest absolute Gasteiger partial charge is 0.127 e. The van der Waals surface area contributed by atoms with Gasteiger partial charge >= 0.3 is 0 Å². The number of halogens is 1. The molecule has 0 unspecified atom stereocenters. The molecule has 0 aliphatic carbocycles. The Morgan fingerprint density at radius 3 is 2.55 bits per heavy atom. The first kappa shape index (κ1) is 22.2. The number of nitrogens with zero attached hydrogens (tertiary/aromatic N) is 1. The van der Waals surface area contributed by atoms with E-state index in [9.17, 15) is 0 Å². The Morgan fingerprint density at radius 2 is 1.76 bits per heavy atom. The zero-order chi connectivity index (χ0) is 22.8. The zero-order valence-electron chi connectivity index (χ0n) is 19.2. The van der Waals surface area contributed by atoms with Crippen LogP contribution in [0.2, 0.25) is 5.02 Å². The predicted octanol–water partition coefficient (Wildman–Crippen LogP) is 6.31. The van der Waals surface area contributed by atoms with Crippen LogP contribution in [0.4, 0.5) is 0 Å². The minimum atomic E-state index is -0.256. The lowest BCUT2D eigenvalue weighted by Crippen LogP contribution is -2.48. The fourth-order valence-corrected chi connectivity index (χ4v) is 5.16. The Morgan fingerprint density at radius 1 is 1.00 bits per heavy atom. The van der Waals surface area contributed by atoms with Gasteiger partial charge in [0.2, 0.25) is 0 Å². The number of fused-ring (bicyclic) bond motifs is 2. The van der Waals surface area contributed by atoms with Crippen LogP contribution in [0.5, 0.6) is 5.75 Å². The first-order valence-corrected chi connectivity index (χ1v) is 12.2. The minimum absolute atomic E-state index is 0.256. The molecule has 2 aliphatic rings. The second kappa shape index (κ2) is 9.34. The van der Waals surface area contributed by atoms with Crippen molar-refractivity contribution in [1.29, 1.82) is 0 Å². The van der Waals surface area contributed by atoms with Gasteiger partial charge in [-0.05, 0) is 72.2 Å². The summed E-state index contributed by atoms with van der Waals surface area (Å²) in [6, 6.07) is 23.2. The molecule has 33 heavy (non-hydrogen) atoms. The van der Waals surface area contributed by atoms with E-state index >= 15 is 0 Å². The van der Waals surface area contributed by atoms with Crippen LogP contribution in [0, 0.1) is 6.92 Å². The van der Waals surface area contributed by atoms with Crippen LogP contribution in [0.3, 0.4) is 0 Å². The van der Waals surface area contributed by atoms with E-state index in [1.165, 1.54) is 33.4 Å². The van der Waals surface area contributed by atoms with Crippen molar-refractivity contribution >= 4 is 17.2 Å². The van der Waals surface area contributed by atoms with E-state index in [1.807, 2.05) is 12.1 Å². The number of aryl methyl sites for hydroxylation is 1. The van der Waals surface area contributed by atoms with Crippen molar-refractivity contribution in [3.8, 4) is 5.75 Å². The molecular weight excluding hydrogens is 428 g/mol. The maximum Gasteiger partial charge on any atom is 0.127 e. The van der Waals surface area contributed by atoms with Crippen molar-refractivity contribution in [2.45, 2.75) is 38.3 Å². The average molecular weight is 459 g/mol. The summed E-state index contributed by atoms with van der Waals surface area (Å²) in [5.41, 5.74) is 13.9. The summed E-state index contributed by atoms with van der Waals surface area (Å²) >= 11 is 6.06. The number of ether oxygens (including phenoxy) is 1. The van der Waals surface area contributed by atoms with Gasteiger partial charge in [-0.1, -0.05) is 66.2 Å². The summed E-state index contributed by atoms with van der Waals surface area (Å²) in [5.74, 6) is 0.978. The Labute approximate surface area is 201 Å². The largest absolute Gasteiger partial charge is 0.488 e. The SMILES string of the molecule is Cc1ccc2c(c1)OCc1ccccc1C2=CCCN1CCC(N)(c2ccc(Cl)cc2)CC1. The lowest BCUT2D eigenvalue weighted by Gasteiger charge is -2.39. The Hall–Kier alpha value is -2.59. The van der Waals surface area contributed by atoms with Crippen LogP contribution in [-0.2, 0) is 12.1 Å². The molecule has 0 saturated carbocycles. The van der Waals surface area contributed by atoms with Gasteiger partial charge < -0.3 is 15.4 Å². The third kappa shape index (κ3) is 4.72. The molecule has 0 aromatic heterocycles. The van der Waals surface area contributed by atoms with Gasteiger partial charge in [-0.3, -0.25) is 0 Å². The summed E-state index contributed by atoms with van der Waals surface area (Å²) in [5, 5.41) is 0.759. The highest BCUT2D eigenvalue weighted by atomic mass is 35.5. The van der Waals surface area contributed by atoms with Crippen molar-refractivity contribution in [3.05, 3.63) is 106 Å². The third-order valence-corrected chi connectivity index (χ3v) is 7.33. The zero-order valence-corrected chi connectivity index (χ0v) is 19.9. The summed E-state index contributed by atoms with van der Waals surface area (Å²) < 4.78 is 6.18. The van der Waals surface area contributed by atoms with E-state index in [2.05, 4.69) is 72.5 Å². The topological polar surface area (TPSA) is 38.5 Å². The quantitative estimate of drug-likeness (QED) is 0.497. The Bertz CT molecular complexity index is 1160. The number of likely N-dealkylation sites (tertiary alicyclic amines) is 1. The molecule has 0 atom stereocenters. The molecule has 3 aromatic carbocycles. The van der Waals surface area contributed by atoms with Crippen molar-refractivity contribution in [2.75, 3.05) is 19.6 Å². The lowest BCUT2D eigenvalue weighted by atomic mass is 9.82. The third-order valence-electron chi connectivity index (χ3n) is 7.08. The molecule has 3 aromatic rings. The van der Waals surface area contributed by atoms with E-state index in [0.717, 1.165) is 49.7 Å². The molecule has 0 spiro atoms. The first-order chi connectivity index (χ1) is 16.0. The maximum atomic E-state index is 6.78. The van der Waals surface area contributed by atoms with Crippen LogP contribution in [0.25, 0.3) is 5.57 Å². The van der Waals surface area contributed by atoms with Crippen molar-refractivity contribution in [2.24, 2.45) is 5.73 Å². The highest BCUT2D eigenvalue weighted by Gasteiger charge is 2.32. The number of hydrogen-bond donors (Lipinski definition) is 1. The molecule has 3 nitrogen and oxygen atoms in total. The van der Waals surface area contributed by atoms with Gasteiger partial charge in [-0.2, -0.15) is 0 Å². The standard InChI is InChI=1S/C29H31ClN2O/c1-21-8-13-27-26(25-6-3-2-5-22(25)20-33-28(27)19-21)7-4-16-32-17-14-29(31,15-18-32)23-9-11-24(30)12-10-23/h2-3,5-13,19H,4,14-18,20,31H2,1H3. The van der Waals surface area contributed by atoms with Crippen molar-refractivity contribution < 1.29 is 4.74 Å². The molecule has 2 heterocycles. The van der Waals surface area contributed by atoms with Crippen molar-refractivity contribution in [1.82, 2.24) is 4.90 Å². The van der Waals surface area contributed by atoms with E-state index in [1.54, 1.807) is 0 Å². The summed E-state index contributed by atoms with van der Waals surface area (Å²) in [7, 11) is 0. The molecule has 0 amide bonds. The lowest BCUT2D eigenvalue weighted by molar-refractivity contribution is 0.164. The number of benzene rings is 3. The fraction of sp³-hybridized carbons (Fsp3) is 0.310. The molecule has 4 heteroatoms. The van der Waals surface area contributed by atoms with E-state index in [4.69, 9.17) is 22.1 Å². The van der Waals surface area contributed by atoms with E-state index in [0.29, 0.717) is 6.61 Å². The van der Waals surface area contributed by atoms with E-state index in [-0.39, 0.29) is 5.54 Å². The second-order valence-corrected chi connectivity index (χ2v) is 9.79. The van der Waals surface area contributed by atoms with Crippen LogP contribution in [-0.4, -0.2) is 24.5 Å². The molecule has 5 rings (SSSR count). The highest BCUT2D eigenvalue weighted by Crippen LogP contribution is 2.37. The normalized spacial score (nSPS) is 18.8. The number of hydrogen-bond acceptors (Lipinski definition) is 3. The number of nitrogens with two attached hydrogens (primary N) is 1. The molecule has 1 saturated heterocycles. The number of rotatable bonds is 4. The van der Waals surface area contributed by atoms with Gasteiger partial charge in [0.05, 0.1) is 0 Å². The van der Waals surface area contributed by atoms with Crippen LogP contribution < -0.4 is 10.5 Å². The average Bonchev–Trinajstić information content (AvgIpc) is 2.98. The molecule has 2 aliphatic heterocycles. The second-order valence-electron chi connectivity index (χ2n) is 9.36. The summed E-state index contributed by atoms with van der Waals surface area (Å²) in [6.07, 6.45) is 5.31. The number of piperidine rings is 1. The van der Waals surface area contributed by atoms with Crippen molar-refractivity contribution in [3.63, 3.8) is 0 Å². The van der Waals surface area contributed by atoms with Gasteiger partial charge in [0.1, 0.15) is 12.4 Å². The molecule has 170 valence electrons. The highest BCUT2D eigenvalue weighted by molar-refractivity contribution is 6.30. The van der Waals surface area contributed by atoms with Crippen LogP contribution >= 0.6 is 11.6 Å². The van der Waals surface area contributed by atoms with Gasteiger partial charge in [0, 0.05) is 35.8 Å². The molecule has 0 radical (unpaired) electrons. The molecular formula is C29H31ClN2O. The molecule has 2 N–H and O–H groups in total. The fourth-order valence-electron chi connectivity index (χ4n) is 5.04. The minimum Gasteiger partial charge on any atom is -0.488 e. The molecule has 0 bridgehead atoms. The van der Waals surface area contributed by atoms with Gasteiger partial charge in [0.15, 0.2) is 0 Å². The van der Waals surface area contributed by atoms with Crippen LogP contribution in [0.15, 0.2) is 72.8 Å². The monoisotopic (exact) mass is 458 g/mol. The van der Waals surface area contributed by atoms with Crippen LogP contribution in [0.1, 0.15) is 47.1 Å². The summed E-state index contributed by atoms with van der Waals surface area (Å²) in [4.78, 5) is 2.53. The Kier molecular flexibility index (Phi) is 6.29. The van der Waals surface area contributed by atoms with E-state index < -0.39 is 0 Å². The first-order valence-electron chi connectivity index (χ1n) is 11.8. The predicted molar refractivity (Wildman–Crippen MR) is 137 cm³/mol.